The second kappa shape index (κ2) is 6.16. The van der Waals surface area contributed by atoms with Gasteiger partial charge in [0.1, 0.15) is 15.2 Å². The van der Waals surface area contributed by atoms with E-state index in [4.69, 9.17) is 9.47 Å². The largest absolute Gasteiger partial charge is 0.426 e. The van der Waals surface area contributed by atoms with Crippen molar-refractivity contribution in [2.75, 3.05) is 0 Å². The molecule has 0 aromatic heterocycles. The molecule has 1 aromatic carbocycles. The Labute approximate surface area is 116 Å². The van der Waals surface area contributed by atoms with Gasteiger partial charge in [-0.3, -0.25) is 9.59 Å². The first-order chi connectivity index (χ1) is 7.91. The molecule has 92 valence electrons. The lowest BCUT2D eigenvalue weighted by atomic mass is 10.2. The number of hydrogen-bond donors (Lipinski definition) is 0. The van der Waals surface area contributed by atoms with Gasteiger partial charge in [-0.05, 0) is 12.1 Å². The van der Waals surface area contributed by atoms with Crippen molar-refractivity contribution in [3.8, 4) is 11.5 Å². The predicted molar refractivity (Wildman–Crippen MR) is 69.7 cm³/mol. The second-order valence-electron chi connectivity index (χ2n) is 3.16. The van der Waals surface area contributed by atoms with Crippen molar-refractivity contribution < 1.29 is 19.1 Å². The number of alkyl halides is 2. The molecular formula is C11H10Br2O4. The van der Waals surface area contributed by atoms with Gasteiger partial charge >= 0.3 is 11.9 Å². The van der Waals surface area contributed by atoms with E-state index in [9.17, 15) is 9.59 Å². The average Bonchev–Trinajstić information content (AvgIpc) is 2.14. The zero-order valence-electron chi connectivity index (χ0n) is 9.20. The molecule has 0 saturated carbocycles. The van der Waals surface area contributed by atoms with Crippen LogP contribution in [0.5, 0.6) is 11.5 Å². The number of carbonyl (C=O) groups excluding carboxylic acids is 2. The van der Waals surface area contributed by atoms with Crippen molar-refractivity contribution in [1.82, 2.24) is 0 Å². The Kier molecular flexibility index (Phi) is 5.14. The summed E-state index contributed by atoms with van der Waals surface area (Å²) in [6, 6.07) is 4.89. The fourth-order valence-corrected chi connectivity index (χ4v) is 2.13. The molecule has 0 heterocycles. The number of carbonyl (C=O) groups is 2. The van der Waals surface area contributed by atoms with Gasteiger partial charge in [0.2, 0.25) is 0 Å². The molecule has 0 aliphatic rings. The summed E-state index contributed by atoms with van der Waals surface area (Å²) in [5, 5.41) is 0. The second-order valence-corrected chi connectivity index (χ2v) is 6.22. The Balaban J connectivity index is 3.21. The maximum Gasteiger partial charge on any atom is 0.308 e. The Bertz CT molecular complexity index is 409. The van der Waals surface area contributed by atoms with Crippen molar-refractivity contribution in [2.45, 2.75) is 17.6 Å². The van der Waals surface area contributed by atoms with Crippen LogP contribution in [-0.4, -0.2) is 11.9 Å². The molecule has 4 nitrogen and oxygen atoms in total. The Morgan fingerprint density at radius 1 is 1.06 bits per heavy atom. The highest BCUT2D eigenvalue weighted by Crippen LogP contribution is 2.42. The van der Waals surface area contributed by atoms with E-state index < -0.39 is 11.9 Å². The van der Waals surface area contributed by atoms with Crippen LogP contribution in [0.15, 0.2) is 18.2 Å². The molecule has 0 N–H and O–H groups in total. The number of hydrogen-bond acceptors (Lipinski definition) is 4. The Morgan fingerprint density at radius 2 is 1.47 bits per heavy atom. The smallest absolute Gasteiger partial charge is 0.308 e. The van der Waals surface area contributed by atoms with E-state index in [2.05, 4.69) is 31.9 Å². The number of ether oxygens (including phenoxy) is 2. The third kappa shape index (κ3) is 4.12. The Morgan fingerprint density at radius 3 is 1.76 bits per heavy atom. The molecule has 17 heavy (non-hydrogen) atoms. The van der Waals surface area contributed by atoms with E-state index in [1.165, 1.54) is 13.8 Å². The summed E-state index contributed by atoms with van der Waals surface area (Å²) >= 11 is 6.60. The molecule has 0 bridgehead atoms. The zero-order valence-corrected chi connectivity index (χ0v) is 12.4. The first-order valence-electron chi connectivity index (χ1n) is 4.69. The highest BCUT2D eigenvalue weighted by atomic mass is 79.9. The van der Waals surface area contributed by atoms with E-state index in [1.54, 1.807) is 18.2 Å². The molecule has 0 aliphatic heterocycles. The zero-order chi connectivity index (χ0) is 13.0. The van der Waals surface area contributed by atoms with Crippen molar-refractivity contribution in [3.63, 3.8) is 0 Å². The average molecular weight is 366 g/mol. The lowest BCUT2D eigenvalue weighted by molar-refractivity contribution is -0.132. The molecule has 0 fully saturated rings. The van der Waals surface area contributed by atoms with Crippen molar-refractivity contribution >= 4 is 43.8 Å². The molecule has 0 spiro atoms. The Hall–Kier alpha value is -0.880. The predicted octanol–water partition coefficient (Wildman–Crippen LogP) is 3.33. The minimum absolute atomic E-state index is 0.292. The van der Waals surface area contributed by atoms with Gasteiger partial charge in [-0.25, -0.2) is 0 Å². The summed E-state index contributed by atoms with van der Waals surface area (Å²) in [7, 11) is 0. The third-order valence-electron chi connectivity index (χ3n) is 1.75. The van der Waals surface area contributed by atoms with E-state index in [1.807, 2.05) is 0 Å². The summed E-state index contributed by atoms with van der Waals surface area (Å²) in [5.74, 6) is -0.191. The molecule has 0 saturated heterocycles. The van der Waals surface area contributed by atoms with Crippen LogP contribution in [0.3, 0.4) is 0 Å². The van der Waals surface area contributed by atoms with Crippen LogP contribution >= 0.6 is 31.9 Å². The van der Waals surface area contributed by atoms with E-state index in [-0.39, 0.29) is 3.74 Å². The topological polar surface area (TPSA) is 52.6 Å². The third-order valence-corrected chi connectivity index (χ3v) is 2.67. The molecule has 0 aliphatic carbocycles. The van der Waals surface area contributed by atoms with Gasteiger partial charge in [0.15, 0.2) is 0 Å². The summed E-state index contributed by atoms with van der Waals surface area (Å²) in [6.45, 7) is 2.61. The van der Waals surface area contributed by atoms with Crippen LogP contribution in [0.4, 0.5) is 0 Å². The van der Waals surface area contributed by atoms with Crippen LogP contribution in [0.25, 0.3) is 0 Å². The van der Waals surface area contributed by atoms with Gasteiger partial charge in [0.05, 0.1) is 5.56 Å². The van der Waals surface area contributed by atoms with Crippen LogP contribution in [0, 0.1) is 0 Å². The summed E-state index contributed by atoms with van der Waals surface area (Å²) in [5.41, 5.74) is 0.554. The van der Waals surface area contributed by atoms with E-state index >= 15 is 0 Å². The first-order valence-corrected chi connectivity index (χ1v) is 6.53. The van der Waals surface area contributed by atoms with Crippen molar-refractivity contribution in [1.29, 1.82) is 0 Å². The number of halogens is 2. The molecule has 0 unspecified atom stereocenters. The lowest BCUT2D eigenvalue weighted by Gasteiger charge is -2.14. The van der Waals surface area contributed by atoms with Crippen LogP contribution in [0.2, 0.25) is 0 Å². The van der Waals surface area contributed by atoms with Gasteiger partial charge in [-0.1, -0.05) is 37.9 Å². The van der Waals surface area contributed by atoms with E-state index in [0.717, 1.165) is 0 Å². The fraction of sp³-hybridized carbons (Fsp3) is 0.273. The standard InChI is InChI=1S/C11H10Br2O4/c1-6(14)16-8-4-3-5-9(17-7(2)15)10(8)11(12)13/h3-5,11H,1-2H3. The molecule has 1 aromatic rings. The summed E-state index contributed by atoms with van der Waals surface area (Å²) < 4.78 is 9.79. The highest BCUT2D eigenvalue weighted by Gasteiger charge is 2.18. The van der Waals surface area contributed by atoms with Gasteiger partial charge < -0.3 is 9.47 Å². The van der Waals surface area contributed by atoms with Crippen molar-refractivity contribution in [3.05, 3.63) is 23.8 Å². The van der Waals surface area contributed by atoms with Gasteiger partial charge in [0.25, 0.3) is 0 Å². The number of esters is 2. The van der Waals surface area contributed by atoms with Crippen LogP contribution in [0.1, 0.15) is 23.1 Å². The van der Waals surface area contributed by atoms with Gasteiger partial charge in [0, 0.05) is 13.8 Å². The number of benzene rings is 1. The molecule has 0 atom stereocenters. The minimum atomic E-state index is -0.438. The quantitative estimate of drug-likeness (QED) is 0.468. The lowest BCUT2D eigenvalue weighted by Crippen LogP contribution is -2.08. The van der Waals surface area contributed by atoms with Crippen LogP contribution < -0.4 is 9.47 Å². The maximum atomic E-state index is 11.0. The SMILES string of the molecule is CC(=O)Oc1cccc(OC(C)=O)c1C(Br)Br. The normalized spacial score (nSPS) is 10.2. The van der Waals surface area contributed by atoms with E-state index in [0.29, 0.717) is 17.1 Å². The first kappa shape index (κ1) is 14.2. The number of rotatable bonds is 3. The van der Waals surface area contributed by atoms with Gasteiger partial charge in [-0.2, -0.15) is 0 Å². The van der Waals surface area contributed by atoms with Crippen molar-refractivity contribution in [2.24, 2.45) is 0 Å². The van der Waals surface area contributed by atoms with Crippen LogP contribution in [-0.2, 0) is 9.59 Å². The molecular weight excluding hydrogens is 356 g/mol. The molecule has 0 radical (unpaired) electrons. The minimum Gasteiger partial charge on any atom is -0.426 e. The highest BCUT2D eigenvalue weighted by molar-refractivity contribution is 9.24. The monoisotopic (exact) mass is 364 g/mol. The molecule has 1 rings (SSSR count). The molecule has 0 amide bonds. The fourth-order valence-electron chi connectivity index (χ4n) is 1.23. The van der Waals surface area contributed by atoms with Gasteiger partial charge in [-0.15, -0.1) is 0 Å². The summed E-state index contributed by atoms with van der Waals surface area (Å²) in [4.78, 5) is 21.9. The summed E-state index contributed by atoms with van der Waals surface area (Å²) in [6.07, 6.45) is 0. The molecule has 6 heteroatoms. The maximum absolute atomic E-state index is 11.0.